The van der Waals surface area contributed by atoms with E-state index >= 15 is 0 Å². The molecule has 2 heterocycles. The number of nitrogens with zero attached hydrogens (tertiary/aromatic N) is 2. The second-order valence-corrected chi connectivity index (χ2v) is 5.85. The van der Waals surface area contributed by atoms with E-state index in [-0.39, 0.29) is 6.10 Å². The lowest BCUT2D eigenvalue weighted by atomic mass is 10.4. The lowest BCUT2D eigenvalue weighted by Crippen LogP contribution is -2.29. The van der Waals surface area contributed by atoms with Crippen LogP contribution in [0.3, 0.4) is 0 Å². The highest BCUT2D eigenvalue weighted by molar-refractivity contribution is 7.15. The first-order valence-electron chi connectivity index (χ1n) is 6.80. The number of ether oxygens (including phenoxy) is 2. The van der Waals surface area contributed by atoms with Gasteiger partial charge in [-0.3, -0.25) is 0 Å². The van der Waals surface area contributed by atoms with E-state index in [1.54, 1.807) is 18.4 Å². The average Bonchev–Trinajstić information content (AvgIpc) is 2.77. The van der Waals surface area contributed by atoms with Gasteiger partial charge in [-0.25, -0.2) is 4.98 Å². The van der Waals surface area contributed by atoms with E-state index in [0.29, 0.717) is 0 Å². The van der Waals surface area contributed by atoms with Crippen molar-refractivity contribution in [2.24, 2.45) is 0 Å². The maximum atomic E-state index is 5.66. The van der Waals surface area contributed by atoms with Crippen molar-refractivity contribution in [2.75, 3.05) is 44.9 Å². The monoisotopic (exact) mass is 285 g/mol. The van der Waals surface area contributed by atoms with Gasteiger partial charge in [0.1, 0.15) is 0 Å². The first kappa shape index (κ1) is 14.7. The van der Waals surface area contributed by atoms with Crippen molar-refractivity contribution in [3.05, 3.63) is 11.1 Å². The van der Waals surface area contributed by atoms with Crippen LogP contribution in [0, 0.1) is 0 Å². The van der Waals surface area contributed by atoms with Crippen LogP contribution >= 0.6 is 11.3 Å². The number of rotatable bonds is 6. The molecule has 108 valence electrons. The van der Waals surface area contributed by atoms with Crippen LogP contribution in [-0.4, -0.2) is 51.0 Å². The van der Waals surface area contributed by atoms with Crippen LogP contribution in [0.15, 0.2) is 6.20 Å². The Morgan fingerprint density at radius 3 is 3.37 bits per heavy atom. The Morgan fingerprint density at radius 2 is 2.53 bits per heavy atom. The fourth-order valence-electron chi connectivity index (χ4n) is 2.08. The minimum atomic E-state index is 0.287. The lowest BCUT2D eigenvalue weighted by Gasteiger charge is -2.20. The third-order valence-corrected chi connectivity index (χ3v) is 4.10. The van der Waals surface area contributed by atoms with Crippen molar-refractivity contribution in [2.45, 2.75) is 26.0 Å². The molecule has 5 nitrogen and oxygen atoms in total. The van der Waals surface area contributed by atoms with Gasteiger partial charge >= 0.3 is 0 Å². The molecule has 1 saturated heterocycles. The lowest BCUT2D eigenvalue weighted by molar-refractivity contribution is 0.0821. The van der Waals surface area contributed by atoms with Crippen molar-refractivity contribution in [1.82, 2.24) is 10.3 Å². The first-order chi connectivity index (χ1) is 9.29. The summed E-state index contributed by atoms with van der Waals surface area (Å²) in [7, 11) is 1.72. The molecule has 0 aliphatic carbocycles. The molecule has 1 aliphatic rings. The maximum absolute atomic E-state index is 5.66. The summed E-state index contributed by atoms with van der Waals surface area (Å²) in [6.07, 6.45) is 3.33. The molecule has 19 heavy (non-hydrogen) atoms. The highest BCUT2D eigenvalue weighted by atomic mass is 32.1. The molecule has 2 rings (SSSR count). The van der Waals surface area contributed by atoms with Gasteiger partial charge in [-0.15, -0.1) is 11.3 Å². The minimum Gasteiger partial charge on any atom is -0.383 e. The van der Waals surface area contributed by atoms with Gasteiger partial charge in [-0.1, -0.05) is 0 Å². The van der Waals surface area contributed by atoms with Gasteiger partial charge in [0.05, 0.1) is 12.7 Å². The molecular weight excluding hydrogens is 262 g/mol. The van der Waals surface area contributed by atoms with Crippen LogP contribution in [0.5, 0.6) is 0 Å². The number of anilines is 1. The summed E-state index contributed by atoms with van der Waals surface area (Å²) >= 11 is 1.76. The molecule has 1 aliphatic heterocycles. The first-order valence-corrected chi connectivity index (χ1v) is 7.62. The van der Waals surface area contributed by atoms with E-state index in [1.807, 2.05) is 6.20 Å². The van der Waals surface area contributed by atoms with Crippen LogP contribution < -0.4 is 10.2 Å². The van der Waals surface area contributed by atoms with E-state index in [9.17, 15) is 0 Å². The third-order valence-electron chi connectivity index (χ3n) is 3.05. The SMILES string of the molecule is COCCNCc1cnc(N2CCCOC(C)C2)s1. The minimum absolute atomic E-state index is 0.287. The average molecular weight is 285 g/mol. The van der Waals surface area contributed by atoms with Crippen LogP contribution in [0.4, 0.5) is 5.13 Å². The van der Waals surface area contributed by atoms with Crippen molar-refractivity contribution in [3.63, 3.8) is 0 Å². The zero-order valence-corrected chi connectivity index (χ0v) is 12.5. The fraction of sp³-hybridized carbons (Fsp3) is 0.769. The summed E-state index contributed by atoms with van der Waals surface area (Å²) in [5, 5.41) is 4.45. The molecule has 0 radical (unpaired) electrons. The molecule has 0 amide bonds. The van der Waals surface area contributed by atoms with Gasteiger partial charge < -0.3 is 19.7 Å². The van der Waals surface area contributed by atoms with Crippen molar-refractivity contribution in [3.8, 4) is 0 Å². The van der Waals surface area contributed by atoms with Crippen LogP contribution in [-0.2, 0) is 16.0 Å². The van der Waals surface area contributed by atoms with Gasteiger partial charge in [0.15, 0.2) is 5.13 Å². The molecule has 1 aromatic rings. The summed E-state index contributed by atoms with van der Waals surface area (Å²) in [6, 6.07) is 0. The summed E-state index contributed by atoms with van der Waals surface area (Å²) in [5.41, 5.74) is 0. The second kappa shape index (κ2) is 7.79. The fourth-order valence-corrected chi connectivity index (χ4v) is 2.99. The molecule has 1 unspecified atom stereocenters. The molecule has 0 spiro atoms. The summed E-state index contributed by atoms with van der Waals surface area (Å²) in [4.78, 5) is 8.13. The summed E-state index contributed by atoms with van der Waals surface area (Å²) < 4.78 is 10.7. The summed E-state index contributed by atoms with van der Waals surface area (Å²) in [5.74, 6) is 0. The van der Waals surface area contributed by atoms with Gasteiger partial charge in [-0.2, -0.15) is 0 Å². The summed E-state index contributed by atoms with van der Waals surface area (Å²) in [6.45, 7) is 7.43. The molecule has 0 saturated carbocycles. The largest absolute Gasteiger partial charge is 0.383 e. The predicted molar refractivity (Wildman–Crippen MR) is 77.9 cm³/mol. The normalized spacial score (nSPS) is 20.5. The van der Waals surface area contributed by atoms with Gasteiger partial charge in [0, 0.05) is 51.0 Å². The zero-order valence-electron chi connectivity index (χ0n) is 11.7. The third kappa shape index (κ3) is 4.72. The van der Waals surface area contributed by atoms with E-state index in [2.05, 4.69) is 22.1 Å². The number of thiazole rings is 1. The predicted octanol–water partition coefficient (Wildman–Crippen LogP) is 1.49. The maximum Gasteiger partial charge on any atom is 0.185 e. The van der Waals surface area contributed by atoms with Gasteiger partial charge in [-0.05, 0) is 13.3 Å². The molecule has 0 bridgehead atoms. The van der Waals surface area contributed by atoms with Crippen LogP contribution in [0.25, 0.3) is 0 Å². The Balaban J connectivity index is 1.85. The molecule has 6 heteroatoms. The molecule has 1 atom stereocenters. The molecule has 1 aromatic heterocycles. The molecular formula is C13H23N3O2S. The van der Waals surface area contributed by atoms with Gasteiger partial charge in [0.25, 0.3) is 0 Å². The van der Waals surface area contributed by atoms with E-state index in [1.165, 1.54) is 4.88 Å². The topological polar surface area (TPSA) is 46.6 Å². The number of methoxy groups -OCH3 is 1. The van der Waals surface area contributed by atoms with Crippen molar-refractivity contribution >= 4 is 16.5 Å². The Bertz CT molecular complexity index is 373. The Labute approximate surface area is 118 Å². The standard InChI is InChI=1S/C13H23N3O2S/c1-11-10-16(5-3-6-18-11)13-15-9-12(19-13)8-14-4-7-17-2/h9,11,14H,3-8,10H2,1-2H3. The smallest absolute Gasteiger partial charge is 0.185 e. The Morgan fingerprint density at radius 1 is 1.63 bits per heavy atom. The highest BCUT2D eigenvalue weighted by Crippen LogP contribution is 2.24. The quantitative estimate of drug-likeness (QED) is 0.803. The molecule has 1 N–H and O–H groups in total. The zero-order chi connectivity index (χ0) is 13.5. The number of hydrogen-bond acceptors (Lipinski definition) is 6. The number of aromatic nitrogens is 1. The van der Waals surface area contributed by atoms with E-state index in [0.717, 1.165) is 50.9 Å². The molecule has 1 fully saturated rings. The second-order valence-electron chi connectivity index (χ2n) is 4.76. The molecule has 0 aromatic carbocycles. The number of nitrogens with one attached hydrogen (secondary N) is 1. The highest BCUT2D eigenvalue weighted by Gasteiger charge is 2.17. The van der Waals surface area contributed by atoms with Gasteiger partial charge in [0.2, 0.25) is 0 Å². The van der Waals surface area contributed by atoms with Crippen LogP contribution in [0.1, 0.15) is 18.2 Å². The van der Waals surface area contributed by atoms with Crippen molar-refractivity contribution in [1.29, 1.82) is 0 Å². The Hall–Kier alpha value is -0.690. The Kier molecular flexibility index (Phi) is 6.03. The van der Waals surface area contributed by atoms with Crippen LogP contribution in [0.2, 0.25) is 0 Å². The van der Waals surface area contributed by atoms with Crippen molar-refractivity contribution < 1.29 is 9.47 Å². The van der Waals surface area contributed by atoms with E-state index < -0.39 is 0 Å². The van der Waals surface area contributed by atoms with E-state index in [4.69, 9.17) is 9.47 Å². The number of hydrogen-bond donors (Lipinski definition) is 1.